The standard InChI is InChI=1S/C18H20N2O4S/c1-3-13-19-18(21)14-20(25(2,22)23)15-9-11-17(12-10-15)24-16-7-5-4-6-8-16/h3-12H,1,13-14H2,2H3,(H,19,21). The molecule has 1 N–H and O–H groups in total. The number of carbonyl (C=O) groups excluding carboxylic acids is 1. The second-order valence-corrected chi connectivity index (χ2v) is 7.18. The maximum absolute atomic E-state index is 12.0. The third-order valence-electron chi connectivity index (χ3n) is 3.23. The maximum atomic E-state index is 12.0. The minimum absolute atomic E-state index is 0.278. The van der Waals surface area contributed by atoms with Crippen molar-refractivity contribution in [2.24, 2.45) is 0 Å². The van der Waals surface area contributed by atoms with Gasteiger partial charge in [0.2, 0.25) is 15.9 Å². The van der Waals surface area contributed by atoms with Crippen LogP contribution in [0.15, 0.2) is 67.3 Å². The molecule has 0 unspecified atom stereocenters. The van der Waals surface area contributed by atoms with Gasteiger partial charge < -0.3 is 10.1 Å². The van der Waals surface area contributed by atoms with Crippen molar-refractivity contribution in [2.75, 3.05) is 23.7 Å². The number of hydrogen-bond donors (Lipinski definition) is 1. The van der Waals surface area contributed by atoms with Crippen molar-refractivity contribution >= 4 is 21.6 Å². The van der Waals surface area contributed by atoms with E-state index < -0.39 is 15.9 Å². The predicted molar refractivity (Wildman–Crippen MR) is 98.4 cm³/mol. The molecule has 0 saturated carbocycles. The van der Waals surface area contributed by atoms with Gasteiger partial charge >= 0.3 is 0 Å². The molecule has 2 aromatic rings. The molecule has 0 saturated heterocycles. The van der Waals surface area contributed by atoms with Gasteiger partial charge in [0.1, 0.15) is 18.0 Å². The molecule has 0 aromatic heterocycles. The molecular formula is C18H20N2O4S. The van der Waals surface area contributed by atoms with Crippen molar-refractivity contribution in [1.29, 1.82) is 0 Å². The average molecular weight is 360 g/mol. The highest BCUT2D eigenvalue weighted by molar-refractivity contribution is 7.92. The summed E-state index contributed by atoms with van der Waals surface area (Å²) >= 11 is 0. The van der Waals surface area contributed by atoms with Gasteiger partial charge in [-0.3, -0.25) is 9.10 Å². The maximum Gasteiger partial charge on any atom is 0.241 e. The fourth-order valence-corrected chi connectivity index (χ4v) is 2.93. The van der Waals surface area contributed by atoms with Crippen molar-refractivity contribution in [1.82, 2.24) is 5.32 Å². The zero-order chi connectivity index (χ0) is 18.3. The lowest BCUT2D eigenvalue weighted by molar-refractivity contribution is -0.119. The van der Waals surface area contributed by atoms with Crippen LogP contribution in [-0.4, -0.2) is 33.7 Å². The monoisotopic (exact) mass is 360 g/mol. The van der Waals surface area contributed by atoms with Crippen LogP contribution in [0.2, 0.25) is 0 Å². The van der Waals surface area contributed by atoms with E-state index in [-0.39, 0.29) is 13.1 Å². The molecule has 7 heteroatoms. The molecule has 0 spiro atoms. The lowest BCUT2D eigenvalue weighted by Gasteiger charge is -2.22. The van der Waals surface area contributed by atoms with Gasteiger partial charge in [-0.1, -0.05) is 24.3 Å². The predicted octanol–water partition coefficient (Wildman–Crippen LogP) is 2.55. The van der Waals surface area contributed by atoms with Crippen molar-refractivity contribution in [3.05, 3.63) is 67.3 Å². The van der Waals surface area contributed by atoms with Crippen molar-refractivity contribution in [3.63, 3.8) is 0 Å². The van der Waals surface area contributed by atoms with Gasteiger partial charge in [-0.05, 0) is 36.4 Å². The Morgan fingerprint density at radius 1 is 1.12 bits per heavy atom. The summed E-state index contributed by atoms with van der Waals surface area (Å²) in [7, 11) is -3.60. The van der Waals surface area contributed by atoms with E-state index in [4.69, 9.17) is 4.74 Å². The molecule has 0 bridgehead atoms. The zero-order valence-electron chi connectivity index (χ0n) is 13.9. The molecule has 0 radical (unpaired) electrons. The van der Waals surface area contributed by atoms with Gasteiger partial charge in [0.05, 0.1) is 11.9 Å². The molecule has 2 aromatic carbocycles. The van der Waals surface area contributed by atoms with E-state index in [0.717, 1.165) is 10.6 Å². The van der Waals surface area contributed by atoms with Crippen LogP contribution in [0.5, 0.6) is 11.5 Å². The fraction of sp³-hybridized carbons (Fsp3) is 0.167. The summed E-state index contributed by atoms with van der Waals surface area (Å²) in [5, 5.41) is 2.56. The Morgan fingerprint density at radius 3 is 2.28 bits per heavy atom. The minimum atomic E-state index is -3.60. The summed E-state index contributed by atoms with van der Waals surface area (Å²) in [5.74, 6) is 0.841. The summed E-state index contributed by atoms with van der Waals surface area (Å²) in [6.45, 7) is 3.48. The SMILES string of the molecule is C=CCNC(=O)CN(c1ccc(Oc2ccccc2)cc1)S(C)(=O)=O. The third-order valence-corrected chi connectivity index (χ3v) is 4.38. The van der Waals surface area contributed by atoms with Crippen LogP contribution in [0, 0.1) is 0 Å². The minimum Gasteiger partial charge on any atom is -0.457 e. The summed E-state index contributed by atoms with van der Waals surface area (Å²) in [4.78, 5) is 11.9. The lowest BCUT2D eigenvalue weighted by atomic mass is 10.3. The van der Waals surface area contributed by atoms with E-state index in [2.05, 4.69) is 11.9 Å². The number of para-hydroxylation sites is 1. The highest BCUT2D eigenvalue weighted by atomic mass is 32.2. The smallest absolute Gasteiger partial charge is 0.241 e. The first kappa shape index (κ1) is 18.5. The van der Waals surface area contributed by atoms with Crippen molar-refractivity contribution in [2.45, 2.75) is 0 Å². The van der Waals surface area contributed by atoms with Crippen LogP contribution in [0.3, 0.4) is 0 Å². The topological polar surface area (TPSA) is 75.7 Å². The van der Waals surface area contributed by atoms with E-state index in [0.29, 0.717) is 17.2 Å². The quantitative estimate of drug-likeness (QED) is 0.734. The van der Waals surface area contributed by atoms with Gasteiger partial charge in [0, 0.05) is 6.54 Å². The molecule has 0 heterocycles. The highest BCUT2D eigenvalue weighted by Gasteiger charge is 2.20. The number of sulfonamides is 1. The van der Waals surface area contributed by atoms with Crippen molar-refractivity contribution < 1.29 is 17.9 Å². The number of hydrogen-bond acceptors (Lipinski definition) is 4. The van der Waals surface area contributed by atoms with E-state index in [9.17, 15) is 13.2 Å². The van der Waals surface area contributed by atoms with E-state index in [1.54, 1.807) is 24.3 Å². The summed E-state index contributed by atoms with van der Waals surface area (Å²) < 4.78 is 30.7. The summed E-state index contributed by atoms with van der Waals surface area (Å²) in [5.41, 5.74) is 0.386. The second-order valence-electron chi connectivity index (χ2n) is 5.27. The van der Waals surface area contributed by atoms with E-state index in [1.165, 1.54) is 6.08 Å². The number of nitrogens with one attached hydrogen (secondary N) is 1. The van der Waals surface area contributed by atoms with Gasteiger partial charge in [-0.2, -0.15) is 0 Å². The van der Waals surface area contributed by atoms with Gasteiger partial charge in [0.15, 0.2) is 0 Å². The number of ether oxygens (including phenoxy) is 1. The Balaban J connectivity index is 2.15. The Bertz CT molecular complexity index is 818. The van der Waals surface area contributed by atoms with Crippen molar-refractivity contribution in [3.8, 4) is 11.5 Å². The zero-order valence-corrected chi connectivity index (χ0v) is 14.7. The van der Waals surface area contributed by atoms with E-state index >= 15 is 0 Å². The van der Waals surface area contributed by atoms with Crippen LogP contribution in [0.1, 0.15) is 0 Å². The van der Waals surface area contributed by atoms with Crippen LogP contribution in [0.25, 0.3) is 0 Å². The van der Waals surface area contributed by atoms with Crippen LogP contribution in [0.4, 0.5) is 5.69 Å². The molecule has 0 aliphatic heterocycles. The van der Waals surface area contributed by atoms with Crippen LogP contribution >= 0.6 is 0 Å². The molecule has 1 amide bonds. The lowest BCUT2D eigenvalue weighted by Crippen LogP contribution is -2.40. The average Bonchev–Trinajstić information content (AvgIpc) is 2.59. The Hall–Kier alpha value is -2.80. The number of anilines is 1. The molecule has 6 nitrogen and oxygen atoms in total. The normalized spacial score (nSPS) is 10.8. The molecule has 132 valence electrons. The highest BCUT2D eigenvalue weighted by Crippen LogP contribution is 2.25. The first-order chi connectivity index (χ1) is 11.9. The van der Waals surface area contributed by atoms with E-state index in [1.807, 2.05) is 30.3 Å². The molecular weight excluding hydrogens is 340 g/mol. The molecule has 0 fully saturated rings. The fourth-order valence-electron chi connectivity index (χ4n) is 2.08. The number of amides is 1. The number of rotatable bonds is 8. The molecule has 0 aliphatic carbocycles. The van der Waals surface area contributed by atoms with Crippen LogP contribution in [-0.2, 0) is 14.8 Å². The summed E-state index contributed by atoms with van der Waals surface area (Å²) in [6, 6.07) is 15.7. The van der Waals surface area contributed by atoms with Crippen LogP contribution < -0.4 is 14.4 Å². The first-order valence-electron chi connectivity index (χ1n) is 7.58. The molecule has 0 aliphatic rings. The second kappa shape index (κ2) is 8.34. The number of benzene rings is 2. The third kappa shape index (κ3) is 5.65. The van der Waals surface area contributed by atoms with Gasteiger partial charge in [-0.25, -0.2) is 8.42 Å². The first-order valence-corrected chi connectivity index (χ1v) is 9.43. The Morgan fingerprint density at radius 2 is 1.72 bits per heavy atom. The molecule has 2 rings (SSSR count). The number of carbonyl (C=O) groups is 1. The Labute approximate surface area is 147 Å². The number of nitrogens with zero attached hydrogens (tertiary/aromatic N) is 1. The van der Waals surface area contributed by atoms with Gasteiger partial charge in [0.25, 0.3) is 0 Å². The Kier molecular flexibility index (Phi) is 6.19. The summed E-state index contributed by atoms with van der Waals surface area (Å²) in [6.07, 6.45) is 2.58. The molecule has 0 atom stereocenters. The van der Waals surface area contributed by atoms with Gasteiger partial charge in [-0.15, -0.1) is 6.58 Å². The molecule has 25 heavy (non-hydrogen) atoms. The largest absolute Gasteiger partial charge is 0.457 e.